The minimum Gasteiger partial charge on any atom is -0.353 e. The highest BCUT2D eigenvalue weighted by atomic mass is 16.2. The molecule has 3 aliphatic rings. The molecular weight excluding hydrogens is 326 g/mol. The maximum Gasteiger partial charge on any atom is 0.234 e. The van der Waals surface area contributed by atoms with E-state index in [4.69, 9.17) is 0 Å². The Morgan fingerprint density at radius 1 is 0.923 bits per heavy atom. The Kier molecular flexibility index (Phi) is 5.25. The summed E-state index contributed by atoms with van der Waals surface area (Å²) in [5, 5.41) is 6.27. The third-order valence-electron chi connectivity index (χ3n) is 5.95. The van der Waals surface area contributed by atoms with Crippen molar-refractivity contribution in [3.05, 3.63) is 35.4 Å². The number of piperidine rings is 1. The highest BCUT2D eigenvalue weighted by Gasteiger charge is 2.28. The summed E-state index contributed by atoms with van der Waals surface area (Å²) in [5.74, 6) is 0.698. The van der Waals surface area contributed by atoms with Gasteiger partial charge in [-0.3, -0.25) is 14.5 Å². The molecule has 1 heterocycles. The molecule has 5 nitrogen and oxygen atoms in total. The molecule has 1 aromatic rings. The lowest BCUT2D eigenvalue weighted by Gasteiger charge is -2.32. The Morgan fingerprint density at radius 3 is 2.38 bits per heavy atom. The van der Waals surface area contributed by atoms with E-state index >= 15 is 0 Å². The van der Waals surface area contributed by atoms with E-state index in [-0.39, 0.29) is 17.9 Å². The molecule has 0 aromatic heterocycles. The average Bonchev–Trinajstić information content (AvgIpc) is 3.35. The first kappa shape index (κ1) is 17.5. The maximum absolute atomic E-state index is 12.5. The van der Waals surface area contributed by atoms with Gasteiger partial charge in [-0.05, 0) is 55.6 Å². The molecule has 2 fully saturated rings. The van der Waals surface area contributed by atoms with Gasteiger partial charge in [0.15, 0.2) is 0 Å². The first-order valence-corrected chi connectivity index (χ1v) is 10.1. The zero-order valence-corrected chi connectivity index (χ0v) is 15.4. The molecule has 2 aliphatic carbocycles. The monoisotopic (exact) mass is 355 g/mol. The number of rotatable bonds is 6. The molecule has 0 radical (unpaired) electrons. The summed E-state index contributed by atoms with van der Waals surface area (Å²) in [7, 11) is 0. The molecule has 4 rings (SSSR count). The van der Waals surface area contributed by atoms with Crippen molar-refractivity contribution in [1.29, 1.82) is 0 Å². The standard InChI is InChI=1S/C21H29N3O2/c25-20(13-16-6-5-15-3-1-2-4-19(15)16)22-18-9-11-24(12-10-18)14-21(26)23-17-7-8-17/h1-4,16-18H,5-14H2,(H,22,25)(H,23,26)/t16-/m0/s1. The SMILES string of the molecule is O=C(C[C@@H]1CCc2ccccc21)NC1CCN(CC(=O)NC2CC2)CC1. The summed E-state index contributed by atoms with van der Waals surface area (Å²) >= 11 is 0. The van der Waals surface area contributed by atoms with Gasteiger partial charge < -0.3 is 10.6 Å². The molecule has 1 atom stereocenters. The van der Waals surface area contributed by atoms with Crippen LogP contribution in [0.3, 0.4) is 0 Å². The minimum atomic E-state index is 0.148. The smallest absolute Gasteiger partial charge is 0.234 e. The van der Waals surface area contributed by atoms with Crippen molar-refractivity contribution in [3.8, 4) is 0 Å². The number of likely N-dealkylation sites (tertiary alicyclic amines) is 1. The molecule has 140 valence electrons. The van der Waals surface area contributed by atoms with Gasteiger partial charge in [0.25, 0.3) is 0 Å². The van der Waals surface area contributed by atoms with Crippen molar-refractivity contribution in [1.82, 2.24) is 15.5 Å². The van der Waals surface area contributed by atoms with E-state index in [0.29, 0.717) is 24.9 Å². The first-order chi connectivity index (χ1) is 12.7. The summed E-state index contributed by atoms with van der Waals surface area (Å²) in [6.07, 6.45) is 6.90. The van der Waals surface area contributed by atoms with Crippen LogP contribution >= 0.6 is 0 Å². The van der Waals surface area contributed by atoms with Gasteiger partial charge >= 0.3 is 0 Å². The second kappa shape index (κ2) is 7.78. The second-order valence-corrected chi connectivity index (χ2v) is 8.10. The molecule has 0 unspecified atom stereocenters. The van der Waals surface area contributed by atoms with Gasteiger partial charge in [-0.1, -0.05) is 24.3 Å². The zero-order valence-electron chi connectivity index (χ0n) is 15.4. The van der Waals surface area contributed by atoms with E-state index in [2.05, 4.69) is 39.8 Å². The van der Waals surface area contributed by atoms with Crippen LogP contribution in [-0.2, 0) is 16.0 Å². The van der Waals surface area contributed by atoms with Crippen LogP contribution in [0.1, 0.15) is 55.6 Å². The number of fused-ring (bicyclic) bond motifs is 1. The third-order valence-corrected chi connectivity index (χ3v) is 5.95. The number of carbonyl (C=O) groups excluding carboxylic acids is 2. The molecule has 2 amide bonds. The molecule has 0 bridgehead atoms. The normalized spacial score (nSPS) is 23.5. The zero-order chi connectivity index (χ0) is 17.9. The Labute approximate surface area is 155 Å². The minimum absolute atomic E-state index is 0.148. The highest BCUT2D eigenvalue weighted by molar-refractivity contribution is 5.79. The second-order valence-electron chi connectivity index (χ2n) is 8.10. The summed E-state index contributed by atoms with van der Waals surface area (Å²) in [5.41, 5.74) is 2.77. The van der Waals surface area contributed by atoms with Gasteiger partial charge in [0.05, 0.1) is 6.54 Å². The van der Waals surface area contributed by atoms with Crippen molar-refractivity contribution in [2.75, 3.05) is 19.6 Å². The van der Waals surface area contributed by atoms with Gasteiger partial charge in [-0.25, -0.2) is 0 Å². The third kappa shape index (κ3) is 4.44. The van der Waals surface area contributed by atoms with Gasteiger partial charge in [0.2, 0.25) is 11.8 Å². The lowest BCUT2D eigenvalue weighted by molar-refractivity contribution is -0.124. The van der Waals surface area contributed by atoms with E-state index in [0.717, 1.165) is 51.6 Å². The summed E-state index contributed by atoms with van der Waals surface area (Å²) in [4.78, 5) is 26.6. The molecule has 1 aromatic carbocycles. The lowest BCUT2D eigenvalue weighted by atomic mass is 9.97. The van der Waals surface area contributed by atoms with Crippen molar-refractivity contribution in [2.24, 2.45) is 0 Å². The lowest BCUT2D eigenvalue weighted by Crippen LogP contribution is -2.47. The fourth-order valence-electron chi connectivity index (χ4n) is 4.31. The van der Waals surface area contributed by atoms with Crippen LogP contribution in [0.4, 0.5) is 0 Å². The van der Waals surface area contributed by atoms with Crippen molar-refractivity contribution in [3.63, 3.8) is 0 Å². The van der Waals surface area contributed by atoms with Crippen LogP contribution in [0.25, 0.3) is 0 Å². The van der Waals surface area contributed by atoms with E-state index in [9.17, 15) is 9.59 Å². The number of amides is 2. The number of benzene rings is 1. The predicted molar refractivity (Wildman–Crippen MR) is 101 cm³/mol. The number of hydrogen-bond donors (Lipinski definition) is 2. The summed E-state index contributed by atoms with van der Waals surface area (Å²) < 4.78 is 0. The van der Waals surface area contributed by atoms with Crippen LogP contribution < -0.4 is 10.6 Å². The molecule has 0 spiro atoms. The van der Waals surface area contributed by atoms with Crippen LogP contribution in [0.2, 0.25) is 0 Å². The van der Waals surface area contributed by atoms with Crippen molar-refractivity contribution >= 4 is 11.8 Å². The molecule has 2 N–H and O–H groups in total. The van der Waals surface area contributed by atoms with E-state index in [1.807, 2.05) is 0 Å². The number of nitrogens with one attached hydrogen (secondary N) is 2. The molecule has 5 heteroatoms. The molecule has 1 saturated carbocycles. The van der Waals surface area contributed by atoms with Crippen LogP contribution in [-0.4, -0.2) is 48.4 Å². The van der Waals surface area contributed by atoms with Crippen LogP contribution in [0.15, 0.2) is 24.3 Å². The maximum atomic E-state index is 12.5. The van der Waals surface area contributed by atoms with Gasteiger partial charge in [0.1, 0.15) is 0 Å². The van der Waals surface area contributed by atoms with Gasteiger partial charge in [0, 0.05) is 31.6 Å². The number of aryl methyl sites for hydroxylation is 1. The van der Waals surface area contributed by atoms with Gasteiger partial charge in [-0.2, -0.15) is 0 Å². The first-order valence-electron chi connectivity index (χ1n) is 10.1. The fourth-order valence-corrected chi connectivity index (χ4v) is 4.31. The Hall–Kier alpha value is -1.88. The number of nitrogens with zero attached hydrogens (tertiary/aromatic N) is 1. The predicted octanol–water partition coefficient (Wildman–Crippen LogP) is 1.97. The fraction of sp³-hybridized carbons (Fsp3) is 0.619. The molecule has 26 heavy (non-hydrogen) atoms. The summed E-state index contributed by atoms with van der Waals surface area (Å²) in [6.45, 7) is 2.26. The molecule has 1 saturated heterocycles. The molecular formula is C21H29N3O2. The number of carbonyl (C=O) groups is 2. The van der Waals surface area contributed by atoms with Crippen molar-refractivity contribution in [2.45, 2.75) is 62.9 Å². The van der Waals surface area contributed by atoms with E-state index in [1.54, 1.807) is 0 Å². The van der Waals surface area contributed by atoms with Crippen molar-refractivity contribution < 1.29 is 9.59 Å². The topological polar surface area (TPSA) is 61.4 Å². The molecule has 1 aliphatic heterocycles. The Morgan fingerprint density at radius 2 is 1.62 bits per heavy atom. The Bertz CT molecular complexity index is 663. The van der Waals surface area contributed by atoms with Crippen LogP contribution in [0.5, 0.6) is 0 Å². The highest BCUT2D eigenvalue weighted by Crippen LogP contribution is 2.35. The van der Waals surface area contributed by atoms with Gasteiger partial charge in [-0.15, -0.1) is 0 Å². The van der Waals surface area contributed by atoms with E-state index in [1.165, 1.54) is 11.1 Å². The van der Waals surface area contributed by atoms with Crippen LogP contribution in [0, 0.1) is 0 Å². The summed E-state index contributed by atoms with van der Waals surface area (Å²) in [6, 6.07) is 9.19. The quantitative estimate of drug-likeness (QED) is 0.820. The largest absolute Gasteiger partial charge is 0.353 e. The van der Waals surface area contributed by atoms with E-state index < -0.39 is 0 Å². The number of hydrogen-bond acceptors (Lipinski definition) is 3. The average molecular weight is 355 g/mol. The Balaban J connectivity index is 1.18.